The van der Waals surface area contributed by atoms with Gasteiger partial charge in [-0.15, -0.1) is 0 Å². The van der Waals surface area contributed by atoms with Crippen molar-refractivity contribution in [3.05, 3.63) is 70.3 Å². The lowest BCUT2D eigenvalue weighted by atomic mass is 9.90. The molecule has 0 aliphatic carbocycles. The molecule has 138 valence electrons. The van der Waals surface area contributed by atoms with Gasteiger partial charge in [0.05, 0.1) is 12.0 Å². The third-order valence-corrected chi connectivity index (χ3v) is 4.98. The molecule has 1 aliphatic heterocycles. The van der Waals surface area contributed by atoms with Gasteiger partial charge in [0.1, 0.15) is 11.6 Å². The van der Waals surface area contributed by atoms with E-state index in [2.05, 4.69) is 0 Å². The van der Waals surface area contributed by atoms with Crippen LogP contribution in [0.2, 0.25) is 0 Å². The van der Waals surface area contributed by atoms with Crippen LogP contribution in [0.1, 0.15) is 41.1 Å². The van der Waals surface area contributed by atoms with Gasteiger partial charge in [0.15, 0.2) is 0 Å². The van der Waals surface area contributed by atoms with Crippen molar-refractivity contribution in [3.8, 4) is 0 Å². The Morgan fingerprint density at radius 1 is 1.15 bits per heavy atom. The quantitative estimate of drug-likeness (QED) is 0.876. The van der Waals surface area contributed by atoms with Crippen molar-refractivity contribution in [1.82, 2.24) is 4.90 Å². The van der Waals surface area contributed by atoms with E-state index in [0.29, 0.717) is 25.1 Å². The third kappa shape index (κ3) is 3.93. The van der Waals surface area contributed by atoms with E-state index in [1.807, 2.05) is 36.9 Å². The molecule has 2 unspecified atom stereocenters. The zero-order valence-corrected chi connectivity index (χ0v) is 15.0. The lowest BCUT2D eigenvalue weighted by Crippen LogP contribution is -2.41. The van der Waals surface area contributed by atoms with Crippen molar-refractivity contribution in [2.75, 3.05) is 13.1 Å². The van der Waals surface area contributed by atoms with E-state index in [-0.39, 0.29) is 0 Å². The second-order valence-electron chi connectivity index (χ2n) is 7.16. The predicted octanol–water partition coefficient (Wildman–Crippen LogP) is 4.47. The minimum absolute atomic E-state index is 0.351. The van der Waals surface area contributed by atoms with Gasteiger partial charge < -0.3 is 5.11 Å². The molecule has 1 heterocycles. The fourth-order valence-electron chi connectivity index (χ4n) is 3.92. The minimum Gasteiger partial charge on any atom is -0.481 e. The van der Waals surface area contributed by atoms with Crippen molar-refractivity contribution in [3.63, 3.8) is 0 Å². The van der Waals surface area contributed by atoms with Gasteiger partial charge in [-0.05, 0) is 44.9 Å². The number of aliphatic carboxylic acids is 1. The van der Waals surface area contributed by atoms with Crippen LogP contribution >= 0.6 is 0 Å². The maximum atomic E-state index is 14.6. The molecule has 1 saturated heterocycles. The first-order chi connectivity index (χ1) is 12.3. The van der Waals surface area contributed by atoms with Crippen LogP contribution in [0.3, 0.4) is 0 Å². The molecule has 5 heteroatoms. The highest BCUT2D eigenvalue weighted by Crippen LogP contribution is 2.35. The summed E-state index contributed by atoms with van der Waals surface area (Å²) in [6.07, 6.45) is 1.36. The zero-order chi connectivity index (χ0) is 18.8. The van der Waals surface area contributed by atoms with Crippen LogP contribution in [0.15, 0.2) is 36.4 Å². The molecule has 0 amide bonds. The second-order valence-corrected chi connectivity index (χ2v) is 7.16. The van der Waals surface area contributed by atoms with Crippen molar-refractivity contribution >= 4 is 5.97 Å². The number of carbonyl (C=O) groups is 1. The van der Waals surface area contributed by atoms with Crippen LogP contribution in [-0.4, -0.2) is 29.1 Å². The first-order valence-corrected chi connectivity index (χ1v) is 8.85. The summed E-state index contributed by atoms with van der Waals surface area (Å²) in [5.74, 6) is -2.52. The standard InChI is InChI=1S/C21H23F2NO2/c1-13-8-14(2)10-16(9-13)20(18-6-5-17(22)11-19(18)23)24-7-3-4-15(12-24)21(25)26/h5-6,8-11,15,20H,3-4,7,12H2,1-2H3,(H,25,26). The number of benzene rings is 2. The number of hydrogen-bond donors (Lipinski definition) is 1. The fraction of sp³-hybridized carbons (Fsp3) is 0.381. The van der Waals surface area contributed by atoms with E-state index in [4.69, 9.17) is 0 Å². The van der Waals surface area contributed by atoms with Gasteiger partial charge in [0, 0.05) is 18.2 Å². The van der Waals surface area contributed by atoms with Gasteiger partial charge >= 0.3 is 5.97 Å². The van der Waals surface area contributed by atoms with Crippen molar-refractivity contribution < 1.29 is 18.7 Å². The first kappa shape index (κ1) is 18.5. The van der Waals surface area contributed by atoms with Crippen LogP contribution in [0.25, 0.3) is 0 Å². The molecule has 2 aromatic carbocycles. The lowest BCUT2D eigenvalue weighted by Gasteiger charge is -2.38. The van der Waals surface area contributed by atoms with E-state index in [1.165, 1.54) is 12.1 Å². The van der Waals surface area contributed by atoms with E-state index >= 15 is 0 Å². The maximum absolute atomic E-state index is 14.6. The molecule has 0 saturated carbocycles. The highest BCUT2D eigenvalue weighted by molar-refractivity contribution is 5.70. The van der Waals surface area contributed by atoms with Crippen molar-refractivity contribution in [2.45, 2.75) is 32.7 Å². The zero-order valence-electron chi connectivity index (χ0n) is 15.0. The fourth-order valence-corrected chi connectivity index (χ4v) is 3.92. The van der Waals surface area contributed by atoms with Crippen LogP contribution in [0.4, 0.5) is 8.78 Å². The number of rotatable bonds is 4. The molecular formula is C21H23F2NO2. The summed E-state index contributed by atoms with van der Waals surface area (Å²) < 4.78 is 28.0. The van der Waals surface area contributed by atoms with E-state index in [1.54, 1.807) is 0 Å². The number of hydrogen-bond acceptors (Lipinski definition) is 2. The van der Waals surface area contributed by atoms with Gasteiger partial charge in [-0.2, -0.15) is 0 Å². The molecule has 1 N–H and O–H groups in total. The highest BCUT2D eigenvalue weighted by Gasteiger charge is 2.32. The Hall–Kier alpha value is -2.27. The Labute approximate surface area is 152 Å². The number of halogens is 2. The van der Waals surface area contributed by atoms with E-state index < -0.39 is 29.6 Å². The lowest BCUT2D eigenvalue weighted by molar-refractivity contribution is -0.143. The molecule has 0 bridgehead atoms. The number of carboxylic acids is 1. The molecule has 3 nitrogen and oxygen atoms in total. The number of carboxylic acid groups (broad SMARTS) is 1. The monoisotopic (exact) mass is 359 g/mol. The summed E-state index contributed by atoms with van der Waals surface area (Å²) in [4.78, 5) is 13.5. The minimum atomic E-state index is -0.826. The van der Waals surface area contributed by atoms with Gasteiger partial charge in [0.25, 0.3) is 0 Å². The Bertz CT molecular complexity index is 801. The topological polar surface area (TPSA) is 40.5 Å². The highest BCUT2D eigenvalue weighted by atomic mass is 19.1. The average molecular weight is 359 g/mol. The number of likely N-dealkylation sites (tertiary alicyclic amines) is 1. The summed E-state index contributed by atoms with van der Waals surface area (Å²) in [5, 5.41) is 9.41. The Morgan fingerprint density at radius 2 is 1.85 bits per heavy atom. The summed E-state index contributed by atoms with van der Waals surface area (Å²) in [6.45, 7) is 4.98. The Kier molecular flexibility index (Phi) is 5.37. The number of nitrogens with zero attached hydrogens (tertiary/aromatic N) is 1. The average Bonchev–Trinajstić information content (AvgIpc) is 2.56. The van der Waals surface area contributed by atoms with Crippen LogP contribution in [0, 0.1) is 31.4 Å². The molecule has 26 heavy (non-hydrogen) atoms. The van der Waals surface area contributed by atoms with E-state index in [0.717, 1.165) is 29.2 Å². The van der Waals surface area contributed by atoms with Crippen molar-refractivity contribution in [2.24, 2.45) is 5.92 Å². The molecule has 3 rings (SSSR count). The molecule has 2 aromatic rings. The smallest absolute Gasteiger partial charge is 0.307 e. The summed E-state index contributed by atoms with van der Waals surface area (Å²) in [6, 6.07) is 9.21. The molecule has 1 aliphatic rings. The third-order valence-electron chi connectivity index (χ3n) is 4.98. The molecule has 0 spiro atoms. The van der Waals surface area contributed by atoms with Gasteiger partial charge in [-0.1, -0.05) is 35.4 Å². The summed E-state index contributed by atoms with van der Waals surface area (Å²) in [5.41, 5.74) is 3.39. The second kappa shape index (κ2) is 7.54. The largest absolute Gasteiger partial charge is 0.481 e. The van der Waals surface area contributed by atoms with Gasteiger partial charge in [-0.3, -0.25) is 9.69 Å². The van der Waals surface area contributed by atoms with Gasteiger partial charge in [0.2, 0.25) is 0 Å². The number of piperidine rings is 1. The Balaban J connectivity index is 2.08. The first-order valence-electron chi connectivity index (χ1n) is 8.85. The van der Waals surface area contributed by atoms with Gasteiger partial charge in [-0.25, -0.2) is 8.78 Å². The normalized spacial score (nSPS) is 19.3. The predicted molar refractivity (Wildman–Crippen MR) is 96.0 cm³/mol. The maximum Gasteiger partial charge on any atom is 0.307 e. The molecular weight excluding hydrogens is 336 g/mol. The molecule has 2 atom stereocenters. The molecule has 0 aromatic heterocycles. The van der Waals surface area contributed by atoms with Crippen molar-refractivity contribution in [1.29, 1.82) is 0 Å². The Morgan fingerprint density at radius 3 is 2.46 bits per heavy atom. The summed E-state index contributed by atoms with van der Waals surface area (Å²) >= 11 is 0. The number of aryl methyl sites for hydroxylation is 2. The molecule has 1 fully saturated rings. The van der Waals surface area contributed by atoms with Crippen LogP contribution in [-0.2, 0) is 4.79 Å². The molecule has 0 radical (unpaired) electrons. The van der Waals surface area contributed by atoms with E-state index in [9.17, 15) is 18.7 Å². The SMILES string of the molecule is Cc1cc(C)cc(C(c2ccc(F)cc2F)N2CCCC(C(=O)O)C2)c1. The van der Waals surface area contributed by atoms with Crippen LogP contribution < -0.4 is 0 Å². The van der Waals surface area contributed by atoms with Crippen LogP contribution in [0.5, 0.6) is 0 Å². The summed E-state index contributed by atoms with van der Waals surface area (Å²) in [7, 11) is 0.